The zero-order valence-corrected chi connectivity index (χ0v) is 15.2. The van der Waals surface area contributed by atoms with Gasteiger partial charge in [-0.3, -0.25) is 4.79 Å². The van der Waals surface area contributed by atoms with Gasteiger partial charge in [0.2, 0.25) is 0 Å². The number of benzene rings is 2. The van der Waals surface area contributed by atoms with E-state index < -0.39 is 0 Å². The standard InChI is InChI=1S/C22H22O4/c1-22(2)11-16(23)21(17(24)12-22)20-14-6-4-5-7-18(14)26-19-9-8-13(25-3)10-15(19)20/h4-10,20,23H,11-12H2,1-3H3/t20-/m0/s1. The number of ketones is 1. The minimum atomic E-state index is -0.353. The number of hydrogen-bond acceptors (Lipinski definition) is 4. The molecule has 4 nitrogen and oxygen atoms in total. The van der Waals surface area contributed by atoms with Crippen LogP contribution in [0.1, 0.15) is 43.7 Å². The number of allylic oxidation sites excluding steroid dienone is 2. The van der Waals surface area contributed by atoms with Crippen molar-refractivity contribution in [3.63, 3.8) is 0 Å². The van der Waals surface area contributed by atoms with Gasteiger partial charge in [0.05, 0.1) is 7.11 Å². The van der Waals surface area contributed by atoms with Crippen LogP contribution in [0.3, 0.4) is 0 Å². The van der Waals surface area contributed by atoms with Gasteiger partial charge in [-0.15, -0.1) is 0 Å². The molecule has 0 radical (unpaired) electrons. The van der Waals surface area contributed by atoms with E-state index >= 15 is 0 Å². The maximum Gasteiger partial charge on any atom is 0.163 e. The molecule has 1 aliphatic heterocycles. The van der Waals surface area contributed by atoms with Crippen LogP contribution in [0.15, 0.2) is 53.8 Å². The summed E-state index contributed by atoms with van der Waals surface area (Å²) >= 11 is 0. The molecule has 1 N–H and O–H groups in total. The monoisotopic (exact) mass is 350 g/mol. The number of aliphatic hydroxyl groups is 1. The van der Waals surface area contributed by atoms with Crippen molar-refractivity contribution in [2.75, 3.05) is 7.11 Å². The molecule has 0 amide bonds. The lowest BCUT2D eigenvalue weighted by Gasteiger charge is -2.35. The number of aliphatic hydroxyl groups excluding tert-OH is 1. The van der Waals surface area contributed by atoms with E-state index in [1.165, 1.54) is 0 Å². The van der Waals surface area contributed by atoms with Gasteiger partial charge < -0.3 is 14.6 Å². The third kappa shape index (κ3) is 2.66. The van der Waals surface area contributed by atoms with Gasteiger partial charge in [-0.1, -0.05) is 32.0 Å². The van der Waals surface area contributed by atoms with Crippen LogP contribution in [0.2, 0.25) is 0 Å². The van der Waals surface area contributed by atoms with Crippen LogP contribution >= 0.6 is 0 Å². The van der Waals surface area contributed by atoms with Gasteiger partial charge in [0.25, 0.3) is 0 Å². The Labute approximate surface area is 153 Å². The zero-order valence-electron chi connectivity index (χ0n) is 15.2. The summed E-state index contributed by atoms with van der Waals surface area (Å²) in [6, 6.07) is 13.3. The Kier molecular flexibility index (Phi) is 3.79. The minimum absolute atomic E-state index is 0.00535. The number of carbonyl (C=O) groups excluding carboxylic acids is 1. The van der Waals surface area contributed by atoms with Crippen LogP contribution in [0.25, 0.3) is 0 Å². The van der Waals surface area contributed by atoms with Gasteiger partial charge in [0, 0.05) is 35.5 Å². The van der Waals surface area contributed by atoms with Crippen molar-refractivity contribution in [3.05, 3.63) is 64.9 Å². The van der Waals surface area contributed by atoms with Crippen molar-refractivity contribution in [1.29, 1.82) is 0 Å². The first-order valence-electron chi connectivity index (χ1n) is 8.79. The van der Waals surface area contributed by atoms with E-state index in [9.17, 15) is 9.90 Å². The van der Waals surface area contributed by atoms with Crippen LogP contribution < -0.4 is 9.47 Å². The molecule has 4 heteroatoms. The van der Waals surface area contributed by atoms with E-state index in [4.69, 9.17) is 9.47 Å². The molecule has 2 aromatic carbocycles. The summed E-state index contributed by atoms with van der Waals surface area (Å²) in [7, 11) is 1.61. The first-order valence-corrected chi connectivity index (χ1v) is 8.79. The van der Waals surface area contributed by atoms with Crippen LogP contribution in [0.5, 0.6) is 17.2 Å². The first-order chi connectivity index (χ1) is 12.4. The summed E-state index contributed by atoms with van der Waals surface area (Å²) in [4.78, 5) is 13.0. The molecule has 0 spiro atoms. The molecule has 134 valence electrons. The second-order valence-corrected chi connectivity index (χ2v) is 7.78. The number of methoxy groups -OCH3 is 1. The number of hydrogen-bond donors (Lipinski definition) is 1. The Morgan fingerprint density at radius 2 is 1.81 bits per heavy atom. The van der Waals surface area contributed by atoms with E-state index in [0.29, 0.717) is 35.7 Å². The first kappa shape index (κ1) is 16.7. The predicted octanol–water partition coefficient (Wildman–Crippen LogP) is 5.13. The van der Waals surface area contributed by atoms with Crippen molar-refractivity contribution >= 4 is 5.78 Å². The Bertz CT molecular complexity index is 923. The lowest BCUT2D eigenvalue weighted by Crippen LogP contribution is -2.29. The second-order valence-electron chi connectivity index (χ2n) is 7.78. The normalized spacial score (nSPS) is 20.9. The van der Waals surface area contributed by atoms with Crippen LogP contribution in [0, 0.1) is 5.41 Å². The van der Waals surface area contributed by atoms with E-state index in [0.717, 1.165) is 11.1 Å². The summed E-state index contributed by atoms with van der Waals surface area (Å²) < 4.78 is 11.4. The van der Waals surface area contributed by atoms with Crippen molar-refractivity contribution in [1.82, 2.24) is 0 Å². The molecule has 2 aliphatic rings. The number of rotatable bonds is 2. The van der Waals surface area contributed by atoms with Gasteiger partial charge in [0.15, 0.2) is 5.78 Å². The van der Waals surface area contributed by atoms with E-state index in [2.05, 4.69) is 0 Å². The number of carbonyl (C=O) groups is 1. The molecule has 0 saturated heterocycles. The Balaban J connectivity index is 1.95. The molecular formula is C22H22O4. The second kappa shape index (κ2) is 5.90. The fourth-order valence-corrected chi connectivity index (χ4v) is 4.01. The highest BCUT2D eigenvalue weighted by molar-refractivity contribution is 5.99. The highest BCUT2D eigenvalue weighted by Gasteiger charge is 2.40. The van der Waals surface area contributed by atoms with Gasteiger partial charge in [-0.2, -0.15) is 0 Å². The molecule has 0 bridgehead atoms. The van der Waals surface area contributed by atoms with Crippen molar-refractivity contribution < 1.29 is 19.4 Å². The molecule has 0 fully saturated rings. The van der Waals surface area contributed by atoms with Gasteiger partial charge in [-0.05, 0) is 29.7 Å². The molecule has 0 unspecified atom stereocenters. The quantitative estimate of drug-likeness (QED) is 0.815. The lowest BCUT2D eigenvalue weighted by molar-refractivity contribution is -0.118. The van der Waals surface area contributed by atoms with E-state index in [1.54, 1.807) is 7.11 Å². The highest BCUT2D eigenvalue weighted by atomic mass is 16.5. The summed E-state index contributed by atoms with van der Waals surface area (Å²) in [6.45, 7) is 4.01. The van der Waals surface area contributed by atoms with Crippen LogP contribution in [-0.4, -0.2) is 18.0 Å². The number of para-hydroxylation sites is 1. The predicted molar refractivity (Wildman–Crippen MR) is 99.0 cm³/mol. The van der Waals surface area contributed by atoms with Crippen LogP contribution in [-0.2, 0) is 4.79 Å². The van der Waals surface area contributed by atoms with Crippen LogP contribution in [0.4, 0.5) is 0 Å². The highest BCUT2D eigenvalue weighted by Crippen LogP contribution is 2.51. The number of ether oxygens (including phenoxy) is 2. The van der Waals surface area contributed by atoms with E-state index in [-0.39, 0.29) is 22.9 Å². The molecule has 0 saturated carbocycles. The lowest BCUT2D eigenvalue weighted by atomic mass is 9.70. The average molecular weight is 350 g/mol. The maximum atomic E-state index is 13.0. The molecule has 4 rings (SSSR count). The van der Waals surface area contributed by atoms with Gasteiger partial charge >= 0.3 is 0 Å². The third-order valence-corrected chi connectivity index (χ3v) is 5.16. The van der Waals surface area contributed by atoms with Crippen molar-refractivity contribution in [3.8, 4) is 17.2 Å². The molecule has 1 atom stereocenters. The summed E-state index contributed by atoms with van der Waals surface area (Å²) in [6.07, 6.45) is 0.915. The molecule has 26 heavy (non-hydrogen) atoms. The number of fused-ring (bicyclic) bond motifs is 2. The SMILES string of the molecule is COc1ccc2c(c1)[C@@H](C1=C(O)CC(C)(C)CC1=O)c1ccccc1O2. The topological polar surface area (TPSA) is 55.8 Å². The molecule has 0 aromatic heterocycles. The van der Waals surface area contributed by atoms with Gasteiger partial charge in [0.1, 0.15) is 23.0 Å². The van der Waals surface area contributed by atoms with Gasteiger partial charge in [-0.25, -0.2) is 0 Å². The Hall–Kier alpha value is -2.75. The van der Waals surface area contributed by atoms with E-state index in [1.807, 2.05) is 56.3 Å². The fourth-order valence-electron chi connectivity index (χ4n) is 4.01. The molecule has 1 heterocycles. The molecule has 2 aromatic rings. The molecule has 1 aliphatic carbocycles. The third-order valence-electron chi connectivity index (χ3n) is 5.16. The summed E-state index contributed by atoms with van der Waals surface area (Å²) in [5.74, 6) is 1.92. The zero-order chi connectivity index (χ0) is 18.5. The maximum absolute atomic E-state index is 13.0. The largest absolute Gasteiger partial charge is 0.512 e. The summed E-state index contributed by atoms with van der Waals surface area (Å²) in [5, 5.41) is 10.8. The molecular weight excluding hydrogens is 328 g/mol. The Morgan fingerprint density at radius 3 is 2.54 bits per heavy atom. The average Bonchev–Trinajstić information content (AvgIpc) is 2.59. The smallest absolute Gasteiger partial charge is 0.163 e. The minimum Gasteiger partial charge on any atom is -0.512 e. The fraction of sp³-hybridized carbons (Fsp3) is 0.318. The Morgan fingerprint density at radius 1 is 1.08 bits per heavy atom. The summed E-state index contributed by atoms with van der Waals surface area (Å²) in [5.41, 5.74) is 1.99. The van der Waals surface area contributed by atoms with Crippen molar-refractivity contribution in [2.45, 2.75) is 32.6 Å². The number of Topliss-reactive ketones (excluding diaryl/α,β-unsaturated/α-hetero) is 1. The van der Waals surface area contributed by atoms with Crippen molar-refractivity contribution in [2.24, 2.45) is 5.41 Å².